The third-order valence-corrected chi connectivity index (χ3v) is 4.52. The van der Waals surface area contributed by atoms with E-state index < -0.39 is 23.9 Å². The molecule has 0 spiro atoms. The third-order valence-electron chi connectivity index (χ3n) is 2.49. The molecule has 0 radical (unpaired) electrons. The summed E-state index contributed by atoms with van der Waals surface area (Å²) in [6.07, 6.45) is 0.331. The minimum atomic E-state index is -0.599. The minimum Gasteiger partial charge on any atom is -0.393 e. The van der Waals surface area contributed by atoms with Gasteiger partial charge in [-0.15, -0.1) is 23.5 Å². The molecule has 24 heavy (non-hydrogen) atoms. The van der Waals surface area contributed by atoms with Crippen LogP contribution in [-0.2, 0) is 28.7 Å². The van der Waals surface area contributed by atoms with E-state index in [1.807, 2.05) is 24.3 Å². The van der Waals surface area contributed by atoms with Crippen LogP contribution in [0.3, 0.4) is 0 Å². The summed E-state index contributed by atoms with van der Waals surface area (Å²) in [5, 5.41) is 0. The molecule has 130 valence electrons. The van der Waals surface area contributed by atoms with E-state index in [4.69, 9.17) is 0 Å². The third kappa shape index (κ3) is 9.36. The van der Waals surface area contributed by atoms with E-state index in [-0.39, 0.29) is 12.8 Å². The molecule has 0 fully saturated rings. The van der Waals surface area contributed by atoms with Crippen LogP contribution in [0.1, 0.15) is 26.7 Å². The number of hydrogen-bond donors (Lipinski definition) is 0. The van der Waals surface area contributed by atoms with Gasteiger partial charge in [-0.1, -0.05) is 0 Å². The van der Waals surface area contributed by atoms with Gasteiger partial charge in [-0.3, -0.25) is 19.2 Å². The summed E-state index contributed by atoms with van der Waals surface area (Å²) in [5.41, 5.74) is 0. The van der Waals surface area contributed by atoms with Crippen LogP contribution >= 0.6 is 23.5 Å². The Balaban J connectivity index is 2.28. The standard InChI is InChI=1S/C16H18O6S2/c1-11(17)21-15(19)7-9-23-13-3-5-14(6-4-13)24-10-8-16(20)22-12(2)18/h3-6H,7-10H2,1-2H3. The maximum atomic E-state index is 11.2. The number of thioether (sulfide) groups is 2. The molecule has 1 rings (SSSR count). The van der Waals surface area contributed by atoms with Crippen molar-refractivity contribution < 1.29 is 28.7 Å². The average molecular weight is 370 g/mol. The molecule has 0 saturated heterocycles. The fourth-order valence-electron chi connectivity index (χ4n) is 1.56. The van der Waals surface area contributed by atoms with Gasteiger partial charge in [0.2, 0.25) is 0 Å². The van der Waals surface area contributed by atoms with Crippen molar-refractivity contribution in [3.8, 4) is 0 Å². The minimum absolute atomic E-state index is 0.166. The van der Waals surface area contributed by atoms with Crippen LogP contribution in [0, 0.1) is 0 Å². The number of rotatable bonds is 8. The van der Waals surface area contributed by atoms with E-state index in [2.05, 4.69) is 9.47 Å². The molecule has 6 nitrogen and oxygen atoms in total. The number of benzene rings is 1. The first kappa shape index (κ1) is 20.2. The predicted molar refractivity (Wildman–Crippen MR) is 90.7 cm³/mol. The molecule has 0 saturated carbocycles. The fraction of sp³-hybridized carbons (Fsp3) is 0.375. The SMILES string of the molecule is CC(=O)OC(=O)CCSc1ccc(SCCC(=O)OC(C)=O)cc1. The quantitative estimate of drug-likeness (QED) is 0.392. The Kier molecular flexibility index (Phi) is 9.18. The van der Waals surface area contributed by atoms with E-state index in [0.29, 0.717) is 11.5 Å². The highest BCUT2D eigenvalue weighted by Gasteiger charge is 2.07. The Morgan fingerprint density at radius 3 is 1.38 bits per heavy atom. The summed E-state index contributed by atoms with van der Waals surface area (Å²) in [4.78, 5) is 45.6. The molecule has 0 atom stereocenters. The van der Waals surface area contributed by atoms with Gasteiger partial charge in [0, 0.05) is 35.1 Å². The van der Waals surface area contributed by atoms with Crippen LogP contribution in [0.15, 0.2) is 34.1 Å². The van der Waals surface area contributed by atoms with Crippen molar-refractivity contribution in [1.29, 1.82) is 0 Å². The molecule has 0 amide bonds. The molecule has 1 aromatic rings. The summed E-state index contributed by atoms with van der Waals surface area (Å²) in [6.45, 7) is 2.39. The van der Waals surface area contributed by atoms with Crippen molar-refractivity contribution in [3.05, 3.63) is 24.3 Å². The van der Waals surface area contributed by atoms with Gasteiger partial charge in [0.25, 0.3) is 0 Å². The molecule has 0 unspecified atom stereocenters. The smallest absolute Gasteiger partial charge is 0.314 e. The Morgan fingerprint density at radius 1 is 0.750 bits per heavy atom. The van der Waals surface area contributed by atoms with Gasteiger partial charge in [0.05, 0.1) is 12.8 Å². The highest BCUT2D eigenvalue weighted by atomic mass is 32.2. The van der Waals surface area contributed by atoms with Crippen molar-refractivity contribution in [2.75, 3.05) is 11.5 Å². The topological polar surface area (TPSA) is 86.7 Å². The van der Waals surface area contributed by atoms with Crippen LogP contribution < -0.4 is 0 Å². The first-order valence-corrected chi connectivity index (χ1v) is 9.12. The molecule has 0 aliphatic rings. The number of ether oxygens (including phenoxy) is 2. The highest BCUT2D eigenvalue weighted by Crippen LogP contribution is 2.24. The maximum Gasteiger partial charge on any atom is 0.314 e. The monoisotopic (exact) mass is 370 g/mol. The van der Waals surface area contributed by atoms with E-state index >= 15 is 0 Å². The van der Waals surface area contributed by atoms with Gasteiger partial charge < -0.3 is 9.47 Å². The Morgan fingerprint density at radius 2 is 1.08 bits per heavy atom. The first-order valence-electron chi connectivity index (χ1n) is 7.15. The molecule has 0 aliphatic carbocycles. The summed E-state index contributed by atoms with van der Waals surface area (Å²) in [7, 11) is 0. The highest BCUT2D eigenvalue weighted by molar-refractivity contribution is 7.99. The van der Waals surface area contributed by atoms with Crippen molar-refractivity contribution in [2.45, 2.75) is 36.5 Å². The van der Waals surface area contributed by atoms with E-state index in [0.717, 1.165) is 9.79 Å². The van der Waals surface area contributed by atoms with E-state index in [9.17, 15) is 19.2 Å². The van der Waals surface area contributed by atoms with Crippen molar-refractivity contribution in [1.82, 2.24) is 0 Å². The van der Waals surface area contributed by atoms with Gasteiger partial charge in [-0.25, -0.2) is 0 Å². The second kappa shape index (κ2) is 10.9. The van der Waals surface area contributed by atoms with Crippen LogP contribution in [0.4, 0.5) is 0 Å². The Hall–Kier alpha value is -1.80. The number of hydrogen-bond acceptors (Lipinski definition) is 8. The predicted octanol–water partition coefficient (Wildman–Crippen LogP) is 2.83. The average Bonchev–Trinajstić information content (AvgIpc) is 2.47. The molecule has 0 N–H and O–H groups in total. The lowest BCUT2D eigenvalue weighted by Crippen LogP contribution is -2.09. The van der Waals surface area contributed by atoms with E-state index in [1.54, 1.807) is 0 Å². The second-order valence-electron chi connectivity index (χ2n) is 4.60. The largest absolute Gasteiger partial charge is 0.393 e. The fourth-order valence-corrected chi connectivity index (χ4v) is 3.23. The van der Waals surface area contributed by atoms with Crippen LogP contribution in [-0.4, -0.2) is 35.4 Å². The second-order valence-corrected chi connectivity index (χ2v) is 6.94. The molecular formula is C16H18O6S2. The van der Waals surface area contributed by atoms with Crippen molar-refractivity contribution >= 4 is 47.4 Å². The summed E-state index contributed by atoms with van der Waals surface area (Å²) in [6, 6.07) is 7.66. The van der Waals surface area contributed by atoms with Crippen molar-refractivity contribution in [2.24, 2.45) is 0 Å². The van der Waals surface area contributed by atoms with Crippen LogP contribution in [0.5, 0.6) is 0 Å². The van der Waals surface area contributed by atoms with Crippen molar-refractivity contribution in [3.63, 3.8) is 0 Å². The molecule has 1 aromatic carbocycles. The lowest BCUT2D eigenvalue weighted by atomic mass is 10.4. The zero-order chi connectivity index (χ0) is 17.9. The van der Waals surface area contributed by atoms with Crippen LogP contribution in [0.25, 0.3) is 0 Å². The van der Waals surface area contributed by atoms with E-state index in [1.165, 1.54) is 37.4 Å². The summed E-state index contributed by atoms with van der Waals surface area (Å²) < 4.78 is 8.88. The molecule has 0 aromatic heterocycles. The van der Waals surface area contributed by atoms with Gasteiger partial charge in [-0.05, 0) is 24.3 Å². The summed E-state index contributed by atoms with van der Waals surface area (Å²) >= 11 is 2.97. The van der Waals surface area contributed by atoms with Gasteiger partial charge in [-0.2, -0.15) is 0 Å². The van der Waals surface area contributed by atoms with Gasteiger partial charge >= 0.3 is 23.9 Å². The Labute approximate surface area is 148 Å². The number of esters is 4. The zero-order valence-electron chi connectivity index (χ0n) is 13.4. The van der Waals surface area contributed by atoms with Crippen LogP contribution in [0.2, 0.25) is 0 Å². The lowest BCUT2D eigenvalue weighted by molar-refractivity contribution is -0.159. The molecule has 0 bridgehead atoms. The number of carbonyl (C=O) groups excluding carboxylic acids is 4. The molecule has 0 aliphatic heterocycles. The molecule has 8 heteroatoms. The molecular weight excluding hydrogens is 352 g/mol. The first-order chi connectivity index (χ1) is 11.4. The number of carbonyl (C=O) groups is 4. The van der Waals surface area contributed by atoms with Gasteiger partial charge in [0.15, 0.2) is 0 Å². The molecule has 0 heterocycles. The van der Waals surface area contributed by atoms with Gasteiger partial charge in [0.1, 0.15) is 0 Å². The Bertz CT molecular complexity index is 544. The lowest BCUT2D eigenvalue weighted by Gasteiger charge is -2.04. The zero-order valence-corrected chi connectivity index (χ0v) is 15.0. The normalized spacial score (nSPS) is 10.1. The summed E-state index contributed by atoms with van der Waals surface area (Å²) in [5.74, 6) is -1.21. The maximum absolute atomic E-state index is 11.2.